The first-order valence-electron chi connectivity index (χ1n) is 10.5. The number of hydrogen-bond acceptors (Lipinski definition) is 14. The van der Waals surface area contributed by atoms with Crippen LogP contribution >= 0.6 is 43.1 Å². The highest BCUT2D eigenvalue weighted by Crippen LogP contribution is 2.70. The van der Waals surface area contributed by atoms with Gasteiger partial charge in [-0.2, -0.15) is 17.9 Å². The first-order chi connectivity index (χ1) is 17.3. The predicted octanol–water partition coefficient (Wildman–Crippen LogP) is 1.22. The summed E-state index contributed by atoms with van der Waals surface area (Å²) in [7, 11) is -22.8. The standard InChI is InChI=1S/C8H15N3O15P4S.C6H15N/c9-5-1-2-11(8(12)10-5)6-4-31-7(23-6)3-22-28(16,17)25-30(20,21)26-29(18,19)24-27(13,14)15;1-4-7(5-2)6-3/h1-2,6-7H,3-4H2,(H,16,17)(H,18,19)(H,20,21)(H2,9,10,12)(H2,13,14,15);4-6H2,1-3H3/t6-,7+;/m0./s1. The van der Waals surface area contributed by atoms with Crippen molar-refractivity contribution in [1.29, 1.82) is 0 Å². The zero-order chi connectivity index (χ0) is 29.4. The van der Waals surface area contributed by atoms with E-state index in [0.29, 0.717) is 0 Å². The number of rotatable bonds is 13. The van der Waals surface area contributed by atoms with Crippen LogP contribution in [0.15, 0.2) is 17.1 Å². The number of ether oxygens (including phenoxy) is 1. The van der Waals surface area contributed by atoms with Crippen molar-refractivity contribution in [2.75, 3.05) is 37.7 Å². The fourth-order valence-corrected chi connectivity index (χ4v) is 8.14. The molecule has 7 N–H and O–H groups in total. The van der Waals surface area contributed by atoms with E-state index in [1.807, 2.05) is 0 Å². The molecule has 1 saturated heterocycles. The summed E-state index contributed by atoms with van der Waals surface area (Å²) in [6.45, 7) is 9.40. The molecule has 0 saturated carbocycles. The van der Waals surface area contributed by atoms with E-state index in [9.17, 15) is 32.8 Å². The minimum absolute atomic E-state index is 0.0144. The van der Waals surface area contributed by atoms with E-state index < -0.39 is 55.3 Å². The average Bonchev–Trinajstić information content (AvgIpc) is 3.19. The van der Waals surface area contributed by atoms with Crippen molar-refractivity contribution in [2.24, 2.45) is 0 Å². The summed E-state index contributed by atoms with van der Waals surface area (Å²) in [4.78, 5) is 62.2. The Morgan fingerprint density at radius 1 is 1.03 bits per heavy atom. The maximum absolute atomic E-state index is 11.8. The molecule has 1 aliphatic rings. The van der Waals surface area contributed by atoms with E-state index in [2.05, 4.69) is 48.1 Å². The largest absolute Gasteiger partial charge is 0.490 e. The zero-order valence-corrected chi connectivity index (χ0v) is 24.7. The molecular weight excluding hydrogens is 620 g/mol. The van der Waals surface area contributed by atoms with Crippen LogP contribution in [-0.4, -0.2) is 76.3 Å². The van der Waals surface area contributed by atoms with E-state index >= 15 is 0 Å². The predicted molar refractivity (Wildman–Crippen MR) is 133 cm³/mol. The minimum Gasteiger partial charge on any atom is -0.383 e. The highest BCUT2D eigenvalue weighted by atomic mass is 32.2. The van der Waals surface area contributed by atoms with E-state index in [1.54, 1.807) is 0 Å². The Bertz CT molecular complexity index is 1160. The lowest BCUT2D eigenvalue weighted by atomic mass is 10.5. The minimum atomic E-state index is -5.89. The molecule has 1 aromatic rings. The molecule has 24 heteroatoms. The third-order valence-corrected chi connectivity index (χ3v) is 10.8. The molecule has 1 aliphatic heterocycles. The van der Waals surface area contributed by atoms with Gasteiger partial charge >= 0.3 is 37.0 Å². The summed E-state index contributed by atoms with van der Waals surface area (Å²) in [5.74, 6) is 0.171. The van der Waals surface area contributed by atoms with Crippen LogP contribution in [0.1, 0.15) is 27.0 Å². The molecule has 0 aliphatic carbocycles. The van der Waals surface area contributed by atoms with Gasteiger partial charge in [0.2, 0.25) is 0 Å². The molecule has 1 fully saturated rings. The zero-order valence-electron chi connectivity index (χ0n) is 20.3. The Morgan fingerprint density at radius 2 is 1.55 bits per heavy atom. The molecule has 38 heavy (non-hydrogen) atoms. The first-order valence-corrected chi connectivity index (χ1v) is 17.5. The van der Waals surface area contributed by atoms with Gasteiger partial charge in [-0.25, -0.2) is 23.1 Å². The monoisotopic (exact) mass is 650 g/mol. The van der Waals surface area contributed by atoms with Crippen molar-refractivity contribution < 1.29 is 64.9 Å². The lowest BCUT2D eigenvalue weighted by Gasteiger charge is -2.19. The Morgan fingerprint density at radius 3 is 2.03 bits per heavy atom. The Hall–Kier alpha value is -0.490. The second kappa shape index (κ2) is 14.9. The number of nitrogens with two attached hydrogens (primary N) is 1. The van der Waals surface area contributed by atoms with E-state index in [0.717, 1.165) is 16.3 Å². The second-order valence-corrected chi connectivity index (χ2v) is 14.2. The number of phosphoric ester groups is 1. The molecule has 222 valence electrons. The molecule has 0 radical (unpaired) electrons. The van der Waals surface area contributed by atoms with Crippen molar-refractivity contribution in [3.8, 4) is 0 Å². The van der Waals surface area contributed by atoms with Crippen molar-refractivity contribution >= 4 is 48.9 Å². The molecule has 3 unspecified atom stereocenters. The summed E-state index contributed by atoms with van der Waals surface area (Å²) < 4.78 is 66.5. The maximum atomic E-state index is 11.8. The van der Waals surface area contributed by atoms with Gasteiger partial charge in [-0.15, -0.1) is 11.8 Å². The fourth-order valence-electron chi connectivity index (χ4n) is 2.60. The Kier molecular flexibility index (Phi) is 14.0. The second-order valence-electron chi connectivity index (χ2n) is 6.95. The number of thioether (sulfide) groups is 1. The number of hydrogen-bond donors (Lipinski definition) is 6. The van der Waals surface area contributed by atoms with Crippen molar-refractivity contribution in [3.05, 3.63) is 22.7 Å². The smallest absolute Gasteiger partial charge is 0.383 e. The summed E-state index contributed by atoms with van der Waals surface area (Å²) in [6, 6.07) is 1.34. The lowest BCUT2D eigenvalue weighted by molar-refractivity contribution is -0.00646. The van der Waals surface area contributed by atoms with Gasteiger partial charge in [0, 0.05) is 11.9 Å². The highest BCUT2D eigenvalue weighted by molar-refractivity contribution is 8.00. The number of nitrogen functional groups attached to an aromatic ring is 1. The van der Waals surface area contributed by atoms with Gasteiger partial charge in [0.15, 0.2) is 0 Å². The molecule has 0 amide bonds. The molecule has 2 rings (SSSR count). The summed E-state index contributed by atoms with van der Waals surface area (Å²) in [5.41, 5.74) is 3.70. The van der Waals surface area contributed by atoms with E-state index in [-0.39, 0.29) is 11.6 Å². The van der Waals surface area contributed by atoms with Crippen molar-refractivity contribution in [1.82, 2.24) is 14.5 Å². The van der Waals surface area contributed by atoms with Gasteiger partial charge in [0.25, 0.3) is 0 Å². The van der Waals surface area contributed by atoms with Crippen LogP contribution in [0.3, 0.4) is 0 Å². The molecule has 0 aromatic carbocycles. The van der Waals surface area contributed by atoms with Crippen LogP contribution < -0.4 is 11.4 Å². The summed E-state index contributed by atoms with van der Waals surface area (Å²) in [5, 5.41) is 0. The quantitative estimate of drug-likeness (QED) is 0.164. The summed E-state index contributed by atoms with van der Waals surface area (Å²) >= 11 is 1.03. The maximum Gasteiger partial charge on any atom is 0.490 e. The van der Waals surface area contributed by atoms with Crippen molar-refractivity contribution in [2.45, 2.75) is 32.4 Å². The van der Waals surface area contributed by atoms with Crippen LogP contribution in [0, 0.1) is 0 Å². The van der Waals surface area contributed by atoms with Gasteiger partial charge < -0.3 is 39.8 Å². The van der Waals surface area contributed by atoms with Crippen LogP contribution in [0.5, 0.6) is 0 Å². The first kappa shape index (κ1) is 35.5. The molecule has 5 atom stereocenters. The number of nitrogens with zero attached hydrogens (tertiary/aromatic N) is 3. The molecular formula is C14H30N4O15P4S. The van der Waals surface area contributed by atoms with Gasteiger partial charge in [-0.3, -0.25) is 9.09 Å². The molecule has 1 aromatic heterocycles. The van der Waals surface area contributed by atoms with Crippen LogP contribution in [0.25, 0.3) is 0 Å². The fraction of sp³-hybridized carbons (Fsp3) is 0.714. The SMILES string of the molecule is CCN(CC)CC.Nc1ccn([C@@H]2CS[C@H](COP(=O)(O)OP(=O)(O)OP(=O)(O)OP(=O)(O)O)O2)c(=O)n1. The van der Waals surface area contributed by atoms with Gasteiger partial charge in [-0.05, 0) is 25.7 Å². The average molecular weight is 650 g/mol. The number of aromatic nitrogens is 2. The van der Waals surface area contributed by atoms with Crippen LogP contribution in [0.2, 0.25) is 0 Å². The van der Waals surface area contributed by atoms with Crippen LogP contribution in [0.4, 0.5) is 5.82 Å². The summed E-state index contributed by atoms with van der Waals surface area (Å²) in [6.07, 6.45) is 0.473. The molecule has 0 spiro atoms. The lowest BCUT2D eigenvalue weighted by Crippen LogP contribution is -2.28. The van der Waals surface area contributed by atoms with Gasteiger partial charge in [0.05, 0.1) is 6.61 Å². The third-order valence-electron chi connectivity index (χ3n) is 4.23. The number of anilines is 1. The molecule has 19 nitrogen and oxygen atoms in total. The Balaban J connectivity index is 0.000000905. The van der Waals surface area contributed by atoms with E-state index in [1.165, 1.54) is 31.9 Å². The number of phosphoric acid groups is 4. The van der Waals surface area contributed by atoms with Gasteiger partial charge in [0.1, 0.15) is 17.5 Å². The van der Waals surface area contributed by atoms with Gasteiger partial charge in [-0.1, -0.05) is 20.8 Å². The molecule has 0 bridgehead atoms. The van der Waals surface area contributed by atoms with E-state index in [4.69, 9.17) is 25.2 Å². The third kappa shape index (κ3) is 13.7. The topological polar surface area (TPSA) is 280 Å². The Labute approximate surface area is 221 Å². The highest BCUT2D eigenvalue weighted by Gasteiger charge is 2.45. The normalized spacial score (nSPS) is 22.7. The van der Waals surface area contributed by atoms with Crippen LogP contribution in [-0.2, 0) is 40.5 Å². The molecule has 2 heterocycles. The van der Waals surface area contributed by atoms with Crippen molar-refractivity contribution in [3.63, 3.8) is 0 Å².